The minimum absolute atomic E-state index is 0.0752. The van der Waals surface area contributed by atoms with Gasteiger partial charge in [-0.25, -0.2) is 0 Å². The molecule has 0 aliphatic rings. The molecule has 1 rings (SSSR count). The smallest absolute Gasteiger partial charge is 0.303 e. The van der Waals surface area contributed by atoms with Crippen LogP contribution in [0.1, 0.15) is 52.0 Å². The Kier molecular flexibility index (Phi) is 4.76. The van der Waals surface area contributed by atoms with Crippen LogP contribution in [-0.4, -0.2) is 16.7 Å². The molecule has 3 nitrogen and oxygen atoms in total. The fourth-order valence-electron chi connectivity index (χ4n) is 1.87. The van der Waals surface area contributed by atoms with Crippen molar-refractivity contribution >= 4 is 5.97 Å². The highest BCUT2D eigenvalue weighted by atomic mass is 16.5. The van der Waals surface area contributed by atoms with Gasteiger partial charge in [-0.05, 0) is 50.8 Å². The molecule has 0 aliphatic carbocycles. The van der Waals surface area contributed by atoms with Crippen molar-refractivity contribution in [2.24, 2.45) is 0 Å². The molecule has 18 heavy (non-hydrogen) atoms. The molecule has 0 aromatic heterocycles. The molecule has 0 aliphatic heterocycles. The lowest BCUT2D eigenvalue weighted by molar-refractivity contribution is -0.137. The Morgan fingerprint density at radius 3 is 2.22 bits per heavy atom. The fraction of sp³-hybridized carbons (Fsp3) is 0.533. The van der Waals surface area contributed by atoms with Gasteiger partial charge in [0.1, 0.15) is 11.4 Å². The van der Waals surface area contributed by atoms with Gasteiger partial charge in [0, 0.05) is 0 Å². The van der Waals surface area contributed by atoms with Gasteiger partial charge in [0.25, 0.3) is 0 Å². The standard InChI is InChI=1S/C15H22O3/c1-5-11(10-14(16)17)12-6-8-13(9-7-12)18-15(2,3)4/h6-9,11H,5,10H2,1-4H3,(H,16,17). The van der Waals surface area contributed by atoms with Gasteiger partial charge in [-0.3, -0.25) is 4.79 Å². The largest absolute Gasteiger partial charge is 0.488 e. The molecular formula is C15H22O3. The number of carboxylic acids is 1. The molecule has 0 spiro atoms. The van der Waals surface area contributed by atoms with Gasteiger partial charge < -0.3 is 9.84 Å². The highest BCUT2D eigenvalue weighted by Gasteiger charge is 2.15. The number of rotatable bonds is 5. The molecule has 0 heterocycles. The predicted molar refractivity (Wildman–Crippen MR) is 72.1 cm³/mol. The third-order valence-corrected chi connectivity index (χ3v) is 2.69. The maximum absolute atomic E-state index is 10.8. The van der Waals surface area contributed by atoms with E-state index in [1.807, 2.05) is 52.0 Å². The summed E-state index contributed by atoms with van der Waals surface area (Å²) in [5.41, 5.74) is 0.841. The molecule has 1 unspecified atom stereocenters. The second-order valence-corrected chi connectivity index (χ2v) is 5.49. The van der Waals surface area contributed by atoms with Gasteiger partial charge in [-0.2, -0.15) is 0 Å². The van der Waals surface area contributed by atoms with Crippen LogP contribution in [0.3, 0.4) is 0 Å². The van der Waals surface area contributed by atoms with E-state index >= 15 is 0 Å². The highest BCUT2D eigenvalue weighted by Crippen LogP contribution is 2.26. The normalized spacial score (nSPS) is 13.1. The Labute approximate surface area is 109 Å². The van der Waals surface area contributed by atoms with E-state index in [4.69, 9.17) is 9.84 Å². The monoisotopic (exact) mass is 250 g/mol. The van der Waals surface area contributed by atoms with E-state index < -0.39 is 5.97 Å². The minimum Gasteiger partial charge on any atom is -0.488 e. The third kappa shape index (κ3) is 4.78. The Morgan fingerprint density at radius 1 is 1.28 bits per heavy atom. The lowest BCUT2D eigenvalue weighted by atomic mass is 9.93. The third-order valence-electron chi connectivity index (χ3n) is 2.69. The summed E-state index contributed by atoms with van der Waals surface area (Å²) in [6.07, 6.45) is 1.00. The summed E-state index contributed by atoms with van der Waals surface area (Å²) in [5, 5.41) is 8.86. The van der Waals surface area contributed by atoms with Crippen molar-refractivity contribution in [1.82, 2.24) is 0 Å². The summed E-state index contributed by atoms with van der Waals surface area (Å²) in [4.78, 5) is 10.8. The molecule has 1 aromatic rings. The van der Waals surface area contributed by atoms with E-state index in [1.54, 1.807) is 0 Å². The summed E-state index contributed by atoms with van der Waals surface area (Å²) in [6, 6.07) is 7.73. The van der Waals surface area contributed by atoms with Gasteiger partial charge in [0.15, 0.2) is 0 Å². The number of benzene rings is 1. The van der Waals surface area contributed by atoms with E-state index in [9.17, 15) is 4.79 Å². The topological polar surface area (TPSA) is 46.5 Å². The molecule has 1 N–H and O–H groups in total. The molecule has 0 radical (unpaired) electrons. The number of hydrogen-bond donors (Lipinski definition) is 1. The minimum atomic E-state index is -0.753. The fourth-order valence-corrected chi connectivity index (χ4v) is 1.87. The van der Waals surface area contributed by atoms with E-state index in [-0.39, 0.29) is 17.9 Å². The number of carbonyl (C=O) groups is 1. The average molecular weight is 250 g/mol. The molecule has 100 valence electrons. The maximum atomic E-state index is 10.8. The SMILES string of the molecule is CCC(CC(=O)O)c1ccc(OC(C)(C)C)cc1. The van der Waals surface area contributed by atoms with Crippen LogP contribution in [0, 0.1) is 0 Å². The Morgan fingerprint density at radius 2 is 1.83 bits per heavy atom. The van der Waals surface area contributed by atoms with Crippen LogP contribution in [0.15, 0.2) is 24.3 Å². The summed E-state index contributed by atoms with van der Waals surface area (Å²) in [5.74, 6) is 0.138. The van der Waals surface area contributed by atoms with E-state index in [0.717, 1.165) is 17.7 Å². The van der Waals surface area contributed by atoms with Crippen LogP contribution in [0.25, 0.3) is 0 Å². The molecule has 0 amide bonds. The first-order chi connectivity index (χ1) is 8.31. The quantitative estimate of drug-likeness (QED) is 0.863. The molecule has 1 atom stereocenters. The van der Waals surface area contributed by atoms with Gasteiger partial charge in [-0.15, -0.1) is 0 Å². The number of hydrogen-bond acceptors (Lipinski definition) is 2. The first-order valence-corrected chi connectivity index (χ1v) is 6.32. The van der Waals surface area contributed by atoms with Crippen LogP contribution < -0.4 is 4.74 Å². The van der Waals surface area contributed by atoms with Gasteiger partial charge in [-0.1, -0.05) is 19.1 Å². The van der Waals surface area contributed by atoms with E-state index in [1.165, 1.54) is 0 Å². The van der Waals surface area contributed by atoms with Crippen molar-refractivity contribution in [1.29, 1.82) is 0 Å². The molecule has 1 aromatic carbocycles. The summed E-state index contributed by atoms with van der Waals surface area (Å²) in [6.45, 7) is 8.01. The molecule has 0 saturated carbocycles. The molecule has 0 bridgehead atoms. The molecule has 3 heteroatoms. The molecule has 0 fully saturated rings. The molecule has 0 saturated heterocycles. The second kappa shape index (κ2) is 5.89. The molecular weight excluding hydrogens is 228 g/mol. The van der Waals surface area contributed by atoms with Crippen molar-refractivity contribution in [2.45, 2.75) is 52.1 Å². The van der Waals surface area contributed by atoms with Gasteiger partial charge in [0.2, 0.25) is 0 Å². The number of ether oxygens (including phenoxy) is 1. The Hall–Kier alpha value is -1.51. The van der Waals surface area contributed by atoms with Crippen LogP contribution >= 0.6 is 0 Å². The summed E-state index contributed by atoms with van der Waals surface area (Å²) < 4.78 is 5.73. The zero-order valence-electron chi connectivity index (χ0n) is 11.6. The van der Waals surface area contributed by atoms with Crippen LogP contribution in [0.4, 0.5) is 0 Å². The van der Waals surface area contributed by atoms with Crippen molar-refractivity contribution in [3.63, 3.8) is 0 Å². The summed E-state index contributed by atoms with van der Waals surface area (Å²) >= 11 is 0. The van der Waals surface area contributed by atoms with Crippen molar-refractivity contribution in [3.8, 4) is 5.75 Å². The maximum Gasteiger partial charge on any atom is 0.303 e. The van der Waals surface area contributed by atoms with Gasteiger partial charge >= 0.3 is 5.97 Å². The lowest BCUT2D eigenvalue weighted by Gasteiger charge is -2.22. The van der Waals surface area contributed by atoms with Crippen molar-refractivity contribution < 1.29 is 14.6 Å². The number of aliphatic carboxylic acids is 1. The zero-order valence-corrected chi connectivity index (χ0v) is 11.6. The predicted octanol–water partition coefficient (Wildman–Crippen LogP) is 3.83. The number of carboxylic acid groups (broad SMARTS) is 1. The Balaban J connectivity index is 2.77. The van der Waals surface area contributed by atoms with Gasteiger partial charge in [0.05, 0.1) is 6.42 Å². The Bertz CT molecular complexity index is 387. The van der Waals surface area contributed by atoms with E-state index in [2.05, 4.69) is 0 Å². The zero-order chi connectivity index (χ0) is 13.8. The summed E-state index contributed by atoms with van der Waals surface area (Å²) in [7, 11) is 0. The van der Waals surface area contributed by atoms with E-state index in [0.29, 0.717) is 0 Å². The van der Waals surface area contributed by atoms with Crippen molar-refractivity contribution in [2.75, 3.05) is 0 Å². The average Bonchev–Trinajstić information content (AvgIpc) is 2.24. The first-order valence-electron chi connectivity index (χ1n) is 6.32. The van der Waals surface area contributed by atoms with Crippen LogP contribution in [0.2, 0.25) is 0 Å². The first kappa shape index (κ1) is 14.6. The second-order valence-electron chi connectivity index (χ2n) is 5.49. The highest BCUT2D eigenvalue weighted by molar-refractivity contribution is 5.68. The lowest BCUT2D eigenvalue weighted by Crippen LogP contribution is -2.22. The van der Waals surface area contributed by atoms with Crippen LogP contribution in [-0.2, 0) is 4.79 Å². The van der Waals surface area contributed by atoms with Crippen molar-refractivity contribution in [3.05, 3.63) is 29.8 Å². The van der Waals surface area contributed by atoms with Crippen LogP contribution in [0.5, 0.6) is 5.75 Å².